The van der Waals surface area contributed by atoms with Crippen LogP contribution in [0.4, 0.5) is 5.69 Å². The van der Waals surface area contributed by atoms with Crippen molar-refractivity contribution in [2.45, 2.75) is 0 Å². The normalized spacial score (nSPS) is 11.3. The minimum Gasteiger partial charge on any atom is -0.545 e. The van der Waals surface area contributed by atoms with Crippen molar-refractivity contribution < 1.29 is 9.90 Å². The van der Waals surface area contributed by atoms with E-state index in [0.717, 1.165) is 5.69 Å². The number of nitrogens with zero attached hydrogens (tertiary/aromatic N) is 1. The monoisotopic (exact) mass is 179 g/mol. The van der Waals surface area contributed by atoms with Gasteiger partial charge in [-0.1, -0.05) is 12.1 Å². The number of benzene rings is 1. The first-order valence-electron chi connectivity index (χ1n) is 4.04. The summed E-state index contributed by atoms with van der Waals surface area (Å²) in [5.41, 5.74) is 1.17. The van der Waals surface area contributed by atoms with Crippen LogP contribution < -0.4 is 9.59 Å². The van der Waals surface area contributed by atoms with Gasteiger partial charge < -0.3 is 9.90 Å². The predicted molar refractivity (Wildman–Crippen MR) is 50.3 cm³/mol. The molecule has 3 nitrogen and oxygen atoms in total. The predicted octanol–water partition coefficient (Wildman–Crippen LogP) is 0.247. The molecular weight excluding hydrogens is 166 g/mol. The van der Waals surface area contributed by atoms with E-state index in [1.807, 2.05) is 27.2 Å². The van der Waals surface area contributed by atoms with Crippen LogP contribution in [0.15, 0.2) is 24.3 Å². The van der Waals surface area contributed by atoms with Gasteiger partial charge in [-0.3, -0.25) is 4.48 Å². The van der Waals surface area contributed by atoms with Crippen LogP contribution in [0.5, 0.6) is 0 Å². The molecule has 1 aromatic carbocycles. The molecule has 0 bridgehead atoms. The van der Waals surface area contributed by atoms with Crippen LogP contribution in [0.1, 0.15) is 10.4 Å². The van der Waals surface area contributed by atoms with Gasteiger partial charge in [0.25, 0.3) is 0 Å². The highest BCUT2D eigenvalue weighted by Crippen LogP contribution is 2.17. The number of carboxylic acids is 1. The van der Waals surface area contributed by atoms with Crippen LogP contribution in [0, 0.1) is 0 Å². The number of carbonyl (C=O) groups is 1. The largest absolute Gasteiger partial charge is 0.545 e. The molecule has 1 rings (SSSR count). The summed E-state index contributed by atoms with van der Waals surface area (Å²) in [5, 5.41) is 10.6. The molecule has 0 saturated heterocycles. The van der Waals surface area contributed by atoms with Crippen molar-refractivity contribution in [1.82, 2.24) is 4.48 Å². The zero-order chi connectivity index (χ0) is 10.1. The zero-order valence-electron chi connectivity index (χ0n) is 8.07. The van der Waals surface area contributed by atoms with E-state index in [9.17, 15) is 9.90 Å². The van der Waals surface area contributed by atoms with Crippen molar-refractivity contribution in [1.29, 1.82) is 0 Å². The van der Waals surface area contributed by atoms with E-state index >= 15 is 0 Å². The maximum atomic E-state index is 10.6. The Hall–Kier alpha value is -1.35. The Morgan fingerprint density at radius 1 is 1.31 bits per heavy atom. The van der Waals surface area contributed by atoms with E-state index in [-0.39, 0.29) is 5.56 Å². The van der Waals surface area contributed by atoms with E-state index in [0.29, 0.717) is 4.48 Å². The lowest BCUT2D eigenvalue weighted by atomic mass is 10.2. The fourth-order valence-corrected chi connectivity index (χ4v) is 1.05. The minimum atomic E-state index is -1.13. The molecule has 0 radical (unpaired) electrons. The molecule has 0 fully saturated rings. The molecule has 0 aliphatic heterocycles. The molecule has 1 aromatic rings. The first-order valence-corrected chi connectivity index (χ1v) is 4.04. The van der Waals surface area contributed by atoms with Crippen molar-refractivity contribution in [3.05, 3.63) is 29.8 Å². The highest BCUT2D eigenvalue weighted by Gasteiger charge is 2.11. The summed E-state index contributed by atoms with van der Waals surface area (Å²) in [4.78, 5) is 10.6. The van der Waals surface area contributed by atoms with Gasteiger partial charge in [-0.2, -0.15) is 0 Å². The van der Waals surface area contributed by atoms with Gasteiger partial charge in [-0.05, 0) is 6.07 Å². The van der Waals surface area contributed by atoms with Gasteiger partial charge in [-0.15, -0.1) is 0 Å². The molecule has 0 unspecified atom stereocenters. The average molecular weight is 179 g/mol. The fourth-order valence-electron chi connectivity index (χ4n) is 1.05. The number of carboxylic acid groups (broad SMARTS) is 1. The van der Waals surface area contributed by atoms with Crippen LogP contribution in [-0.4, -0.2) is 27.1 Å². The zero-order valence-corrected chi connectivity index (χ0v) is 8.07. The van der Waals surface area contributed by atoms with Crippen molar-refractivity contribution >= 4 is 11.7 Å². The van der Waals surface area contributed by atoms with Crippen molar-refractivity contribution in [3.63, 3.8) is 0 Å². The second-order valence-electron chi connectivity index (χ2n) is 3.85. The van der Waals surface area contributed by atoms with Crippen molar-refractivity contribution in [2.75, 3.05) is 21.1 Å². The molecule has 0 heterocycles. The van der Waals surface area contributed by atoms with E-state index in [1.54, 1.807) is 12.1 Å². The van der Waals surface area contributed by atoms with E-state index in [1.165, 1.54) is 6.07 Å². The Balaban J connectivity index is 3.13. The molecular formula is C10H13NO2. The first kappa shape index (κ1) is 9.74. The molecule has 70 valence electrons. The van der Waals surface area contributed by atoms with Crippen molar-refractivity contribution in [2.24, 2.45) is 0 Å². The van der Waals surface area contributed by atoms with Gasteiger partial charge in [0.15, 0.2) is 0 Å². The third kappa shape index (κ3) is 2.29. The van der Waals surface area contributed by atoms with Gasteiger partial charge in [0.1, 0.15) is 5.69 Å². The Kier molecular flexibility index (Phi) is 2.38. The first-order chi connectivity index (χ1) is 5.91. The lowest BCUT2D eigenvalue weighted by molar-refractivity contribution is -0.255. The van der Waals surface area contributed by atoms with Crippen LogP contribution in [-0.2, 0) is 0 Å². The molecule has 0 amide bonds. The average Bonchev–Trinajstić information content (AvgIpc) is 2.03. The third-order valence-corrected chi connectivity index (χ3v) is 1.86. The maximum Gasteiger partial charge on any atom is 0.132 e. The fraction of sp³-hybridized carbons (Fsp3) is 0.300. The summed E-state index contributed by atoms with van der Waals surface area (Å²) in [6.45, 7) is 0. The van der Waals surface area contributed by atoms with Gasteiger partial charge in [0.05, 0.1) is 27.1 Å². The number of hydrogen-bond donors (Lipinski definition) is 0. The number of carbonyl (C=O) groups excluding carboxylic acids is 1. The molecule has 0 aliphatic carbocycles. The van der Waals surface area contributed by atoms with Gasteiger partial charge >= 0.3 is 0 Å². The van der Waals surface area contributed by atoms with Crippen LogP contribution >= 0.6 is 0 Å². The van der Waals surface area contributed by atoms with E-state index < -0.39 is 5.97 Å². The summed E-state index contributed by atoms with van der Waals surface area (Å²) in [5.74, 6) is -1.13. The number of hydrogen-bond acceptors (Lipinski definition) is 2. The number of aromatic carboxylic acids is 1. The molecule has 0 atom stereocenters. The molecule has 0 aromatic heterocycles. The molecule has 0 aliphatic rings. The molecule has 0 N–H and O–H groups in total. The SMILES string of the molecule is C[N+](C)(C)c1cccc(C(=O)[O-])c1. The highest BCUT2D eigenvalue weighted by atomic mass is 16.4. The maximum absolute atomic E-state index is 10.6. The molecule has 3 heteroatoms. The molecule has 0 saturated carbocycles. The Morgan fingerprint density at radius 3 is 2.38 bits per heavy atom. The smallest absolute Gasteiger partial charge is 0.132 e. The number of quaternary nitrogens is 1. The highest BCUT2D eigenvalue weighted by molar-refractivity contribution is 5.86. The number of rotatable bonds is 2. The lowest BCUT2D eigenvalue weighted by Crippen LogP contribution is -2.35. The quantitative estimate of drug-likeness (QED) is 0.610. The van der Waals surface area contributed by atoms with Crippen LogP contribution in [0.2, 0.25) is 0 Å². The van der Waals surface area contributed by atoms with E-state index in [2.05, 4.69) is 0 Å². The summed E-state index contributed by atoms with van der Waals surface area (Å²) >= 11 is 0. The second-order valence-corrected chi connectivity index (χ2v) is 3.85. The Bertz CT molecular complexity index is 326. The van der Waals surface area contributed by atoms with Gasteiger partial charge in [0, 0.05) is 11.6 Å². The van der Waals surface area contributed by atoms with Gasteiger partial charge in [-0.25, -0.2) is 0 Å². The Morgan fingerprint density at radius 2 is 1.92 bits per heavy atom. The lowest BCUT2D eigenvalue weighted by Gasteiger charge is -2.23. The topological polar surface area (TPSA) is 40.1 Å². The molecule has 13 heavy (non-hydrogen) atoms. The summed E-state index contributed by atoms with van der Waals surface area (Å²) < 4.78 is 0.598. The summed E-state index contributed by atoms with van der Waals surface area (Å²) in [7, 11) is 5.94. The van der Waals surface area contributed by atoms with Crippen LogP contribution in [0.3, 0.4) is 0 Å². The summed E-state index contributed by atoms with van der Waals surface area (Å²) in [6, 6.07) is 6.79. The van der Waals surface area contributed by atoms with Crippen molar-refractivity contribution in [3.8, 4) is 0 Å². The third-order valence-electron chi connectivity index (χ3n) is 1.86. The standard InChI is InChI=1S/C10H13NO2/c1-11(2,3)9-6-4-5-8(7-9)10(12)13/h4-7H,1-3H3. The minimum absolute atomic E-state index is 0.227. The van der Waals surface area contributed by atoms with E-state index in [4.69, 9.17) is 0 Å². The summed E-state index contributed by atoms with van der Waals surface area (Å²) in [6.07, 6.45) is 0. The van der Waals surface area contributed by atoms with Gasteiger partial charge in [0.2, 0.25) is 0 Å². The Labute approximate surface area is 77.8 Å². The molecule has 0 spiro atoms. The van der Waals surface area contributed by atoms with Crippen LogP contribution in [0.25, 0.3) is 0 Å². The second kappa shape index (κ2) is 3.18.